The molecule has 2 aromatic rings. The molecule has 0 saturated heterocycles. The SMILES string of the molecule is Cc1cc(Br)cnc1NC(=O)CN1C(=O)c2ccccc2C1=O. The molecule has 0 bridgehead atoms. The molecular weight excluding hydrogens is 362 g/mol. The van der Waals surface area contributed by atoms with Gasteiger partial charge in [0.1, 0.15) is 12.4 Å². The molecule has 1 aliphatic heterocycles. The summed E-state index contributed by atoms with van der Waals surface area (Å²) in [6.07, 6.45) is 1.56. The molecule has 7 heteroatoms. The summed E-state index contributed by atoms with van der Waals surface area (Å²) in [5.74, 6) is -0.991. The van der Waals surface area contributed by atoms with Crippen molar-refractivity contribution in [2.75, 3.05) is 11.9 Å². The van der Waals surface area contributed by atoms with Gasteiger partial charge in [0.25, 0.3) is 11.8 Å². The number of nitrogens with one attached hydrogen (secondary N) is 1. The molecule has 0 aliphatic carbocycles. The van der Waals surface area contributed by atoms with Crippen LogP contribution in [-0.2, 0) is 4.79 Å². The first-order valence-corrected chi connectivity index (χ1v) is 7.64. The highest BCUT2D eigenvalue weighted by Crippen LogP contribution is 2.22. The van der Waals surface area contributed by atoms with Crippen LogP contribution in [0.2, 0.25) is 0 Å². The van der Waals surface area contributed by atoms with Crippen LogP contribution in [0.25, 0.3) is 0 Å². The van der Waals surface area contributed by atoms with Gasteiger partial charge in [-0.05, 0) is 46.6 Å². The summed E-state index contributed by atoms with van der Waals surface area (Å²) in [6.45, 7) is 1.46. The van der Waals surface area contributed by atoms with Gasteiger partial charge < -0.3 is 5.32 Å². The molecule has 1 N–H and O–H groups in total. The minimum absolute atomic E-state index is 0.322. The van der Waals surface area contributed by atoms with Crippen molar-refractivity contribution >= 4 is 39.5 Å². The lowest BCUT2D eigenvalue weighted by atomic mass is 10.1. The minimum Gasteiger partial charge on any atom is -0.309 e. The molecule has 0 saturated carbocycles. The number of benzene rings is 1. The number of aryl methyl sites for hydroxylation is 1. The summed E-state index contributed by atoms with van der Waals surface area (Å²) in [6, 6.07) is 8.33. The zero-order valence-electron chi connectivity index (χ0n) is 12.2. The topological polar surface area (TPSA) is 79.4 Å². The summed E-state index contributed by atoms with van der Waals surface area (Å²) in [4.78, 5) is 41.6. The fraction of sp³-hybridized carbons (Fsp3) is 0.125. The zero-order chi connectivity index (χ0) is 16.6. The van der Waals surface area contributed by atoms with Crippen LogP contribution >= 0.6 is 15.9 Å². The maximum atomic E-state index is 12.2. The highest BCUT2D eigenvalue weighted by Gasteiger charge is 2.36. The Morgan fingerprint density at radius 1 is 1.22 bits per heavy atom. The Morgan fingerprint density at radius 2 is 1.83 bits per heavy atom. The average molecular weight is 374 g/mol. The second kappa shape index (κ2) is 5.92. The summed E-state index contributed by atoms with van der Waals surface area (Å²) in [7, 11) is 0. The van der Waals surface area contributed by atoms with E-state index in [2.05, 4.69) is 26.2 Å². The molecule has 0 fully saturated rings. The van der Waals surface area contributed by atoms with Gasteiger partial charge in [0.2, 0.25) is 5.91 Å². The number of amides is 3. The highest BCUT2D eigenvalue weighted by atomic mass is 79.9. The quantitative estimate of drug-likeness (QED) is 0.837. The van der Waals surface area contributed by atoms with E-state index in [0.717, 1.165) is 14.9 Å². The number of carbonyl (C=O) groups excluding carboxylic acids is 3. The van der Waals surface area contributed by atoms with Crippen LogP contribution in [0.15, 0.2) is 41.0 Å². The minimum atomic E-state index is -0.475. The van der Waals surface area contributed by atoms with Crippen molar-refractivity contribution in [3.8, 4) is 0 Å². The fourth-order valence-electron chi connectivity index (χ4n) is 2.37. The van der Waals surface area contributed by atoms with Crippen LogP contribution in [0, 0.1) is 6.92 Å². The van der Waals surface area contributed by atoms with Gasteiger partial charge in [-0.2, -0.15) is 0 Å². The van der Waals surface area contributed by atoms with Crippen molar-refractivity contribution < 1.29 is 14.4 Å². The van der Waals surface area contributed by atoms with E-state index in [1.165, 1.54) is 0 Å². The van der Waals surface area contributed by atoms with Gasteiger partial charge >= 0.3 is 0 Å². The van der Waals surface area contributed by atoms with Crippen LogP contribution in [-0.4, -0.2) is 34.2 Å². The van der Waals surface area contributed by atoms with Gasteiger partial charge in [-0.25, -0.2) is 4.98 Å². The molecule has 0 unspecified atom stereocenters. The second-order valence-electron chi connectivity index (χ2n) is 5.11. The van der Waals surface area contributed by atoms with Crippen LogP contribution < -0.4 is 5.32 Å². The Morgan fingerprint density at radius 3 is 2.39 bits per heavy atom. The van der Waals surface area contributed by atoms with Gasteiger partial charge in [-0.15, -0.1) is 0 Å². The van der Waals surface area contributed by atoms with E-state index in [1.54, 1.807) is 37.4 Å². The largest absolute Gasteiger partial charge is 0.309 e. The van der Waals surface area contributed by atoms with Crippen molar-refractivity contribution in [3.63, 3.8) is 0 Å². The number of halogens is 1. The monoisotopic (exact) mass is 373 g/mol. The molecule has 0 atom stereocenters. The van der Waals surface area contributed by atoms with E-state index < -0.39 is 17.7 Å². The Bertz CT molecular complexity index is 800. The Balaban J connectivity index is 1.74. The number of rotatable bonds is 3. The van der Waals surface area contributed by atoms with E-state index in [9.17, 15) is 14.4 Å². The molecule has 116 valence electrons. The number of imide groups is 1. The van der Waals surface area contributed by atoms with Gasteiger partial charge in [0, 0.05) is 10.7 Å². The standard InChI is InChI=1S/C16H12BrN3O3/c1-9-6-10(17)7-18-14(9)19-13(21)8-20-15(22)11-4-2-3-5-12(11)16(20)23/h2-7H,8H2,1H3,(H,18,19,21). The Kier molecular flexibility index (Phi) is 3.96. The maximum absolute atomic E-state index is 12.2. The molecule has 0 radical (unpaired) electrons. The van der Waals surface area contributed by atoms with Gasteiger partial charge in [0.05, 0.1) is 11.1 Å². The first-order valence-electron chi connectivity index (χ1n) is 6.84. The van der Waals surface area contributed by atoms with Crippen molar-refractivity contribution in [1.82, 2.24) is 9.88 Å². The molecule has 23 heavy (non-hydrogen) atoms. The van der Waals surface area contributed by atoms with Gasteiger partial charge in [0.15, 0.2) is 0 Å². The molecule has 6 nitrogen and oxygen atoms in total. The summed E-state index contributed by atoms with van der Waals surface area (Å²) in [5.41, 5.74) is 1.42. The lowest BCUT2D eigenvalue weighted by Crippen LogP contribution is -2.37. The van der Waals surface area contributed by atoms with Gasteiger partial charge in [-0.3, -0.25) is 19.3 Å². The first-order chi connectivity index (χ1) is 11.0. The normalized spacial score (nSPS) is 13.2. The summed E-state index contributed by atoms with van der Waals surface area (Å²) < 4.78 is 0.799. The maximum Gasteiger partial charge on any atom is 0.262 e. The van der Waals surface area contributed by atoms with Crippen LogP contribution in [0.1, 0.15) is 26.3 Å². The third-order valence-electron chi connectivity index (χ3n) is 3.48. The number of hydrogen-bond donors (Lipinski definition) is 1. The summed E-state index contributed by atoms with van der Waals surface area (Å²) in [5, 5.41) is 2.62. The Labute approximate surface area is 140 Å². The number of hydrogen-bond acceptors (Lipinski definition) is 4. The zero-order valence-corrected chi connectivity index (χ0v) is 13.8. The Hall–Kier alpha value is -2.54. The number of anilines is 1. The molecule has 0 spiro atoms. The van der Waals surface area contributed by atoms with E-state index in [1.807, 2.05) is 6.07 Å². The number of carbonyl (C=O) groups is 3. The fourth-order valence-corrected chi connectivity index (χ4v) is 2.82. The third-order valence-corrected chi connectivity index (χ3v) is 3.92. The van der Waals surface area contributed by atoms with Gasteiger partial charge in [-0.1, -0.05) is 12.1 Å². The van der Waals surface area contributed by atoms with E-state index in [4.69, 9.17) is 0 Å². The number of pyridine rings is 1. The van der Waals surface area contributed by atoms with Crippen LogP contribution in [0.3, 0.4) is 0 Å². The molecule has 3 amide bonds. The third kappa shape index (κ3) is 2.87. The van der Waals surface area contributed by atoms with Crippen molar-refractivity contribution in [3.05, 3.63) is 57.7 Å². The average Bonchev–Trinajstić information content (AvgIpc) is 2.76. The molecule has 2 heterocycles. The lowest BCUT2D eigenvalue weighted by Gasteiger charge is -2.14. The van der Waals surface area contributed by atoms with Crippen LogP contribution in [0.5, 0.6) is 0 Å². The van der Waals surface area contributed by atoms with Crippen molar-refractivity contribution in [2.45, 2.75) is 6.92 Å². The molecule has 1 aliphatic rings. The highest BCUT2D eigenvalue weighted by molar-refractivity contribution is 9.10. The van der Waals surface area contributed by atoms with E-state index in [0.29, 0.717) is 16.9 Å². The van der Waals surface area contributed by atoms with E-state index >= 15 is 0 Å². The lowest BCUT2D eigenvalue weighted by molar-refractivity contribution is -0.116. The predicted octanol–water partition coefficient (Wildman–Crippen LogP) is 2.39. The number of aromatic nitrogens is 1. The first kappa shape index (κ1) is 15.4. The van der Waals surface area contributed by atoms with E-state index in [-0.39, 0.29) is 6.54 Å². The smallest absolute Gasteiger partial charge is 0.262 e. The molecule has 1 aromatic carbocycles. The molecule has 3 rings (SSSR count). The molecular formula is C16H12BrN3O3. The second-order valence-corrected chi connectivity index (χ2v) is 6.02. The number of fused-ring (bicyclic) bond motifs is 1. The predicted molar refractivity (Wildman–Crippen MR) is 87.1 cm³/mol. The van der Waals surface area contributed by atoms with Crippen molar-refractivity contribution in [2.24, 2.45) is 0 Å². The number of nitrogens with zero attached hydrogens (tertiary/aromatic N) is 2. The van der Waals surface area contributed by atoms with Crippen molar-refractivity contribution in [1.29, 1.82) is 0 Å². The summed E-state index contributed by atoms with van der Waals surface area (Å²) >= 11 is 3.29. The van der Waals surface area contributed by atoms with Crippen LogP contribution in [0.4, 0.5) is 5.82 Å². The molecule has 1 aromatic heterocycles.